The average molecular weight is 558 g/mol. The first-order valence-electron chi connectivity index (χ1n) is 11.1. The molecule has 0 aliphatic heterocycles. The Kier molecular flexibility index (Phi) is 7.94. The van der Waals surface area contributed by atoms with Gasteiger partial charge in [-0.3, -0.25) is 0 Å². The molecule has 0 radical (unpaired) electrons. The molecule has 38 heavy (non-hydrogen) atoms. The summed E-state index contributed by atoms with van der Waals surface area (Å²) >= 11 is 5.31. The van der Waals surface area contributed by atoms with Crippen LogP contribution in [0.25, 0.3) is 39.4 Å². The summed E-state index contributed by atoms with van der Waals surface area (Å²) in [7, 11) is 0. The lowest BCUT2D eigenvalue weighted by Gasteiger charge is -2.13. The van der Waals surface area contributed by atoms with Crippen molar-refractivity contribution in [2.45, 2.75) is 20.0 Å². The van der Waals surface area contributed by atoms with Gasteiger partial charge in [-0.1, -0.05) is 47.5 Å². The van der Waals surface area contributed by atoms with E-state index >= 15 is 0 Å². The van der Waals surface area contributed by atoms with Crippen LogP contribution in [0, 0.1) is 13.8 Å². The molecule has 2 aromatic heterocycles. The molecule has 3 aromatic carbocycles. The average Bonchev–Trinajstić information content (AvgIpc) is 3.52. The molecule has 194 valence electrons. The Bertz CT molecular complexity index is 1620. The number of benzene rings is 3. The number of aryl methyl sites for hydroxylation is 2. The molecule has 0 spiro atoms. The zero-order chi connectivity index (χ0) is 27.4. The molecule has 0 N–H and O–H groups in total. The second-order valence-electron chi connectivity index (χ2n) is 8.23. The summed E-state index contributed by atoms with van der Waals surface area (Å²) in [4.78, 5) is 4.61. The largest absolute Gasteiger partial charge is 0.440 e. The Hall–Kier alpha value is -4.02. The van der Waals surface area contributed by atoms with Gasteiger partial charge < -0.3 is 4.42 Å². The molecule has 0 aliphatic rings. The maximum Gasteiger partial charge on any atom is 0.435 e. The fourth-order valence-electron chi connectivity index (χ4n) is 3.95. The standard InChI is InChI=1S/C27H19ClF3N3O.O2S/c1-16-4-3-5-19(14-16)20-8-11-23(34-13-12-24(33-34)27(29,30)31)22(15-20)25-26(35-17(2)32-25)18-6-9-21(28)10-7-18;1-3-2/h3-15H,1-2H3;. The first-order chi connectivity index (χ1) is 18.1. The molecular formula is C27H19ClF3N3O3S. The van der Waals surface area contributed by atoms with Gasteiger partial charge in [0, 0.05) is 29.3 Å². The van der Waals surface area contributed by atoms with Gasteiger partial charge in [-0.05, 0) is 60.5 Å². The Labute approximate surface area is 224 Å². The quantitative estimate of drug-likeness (QED) is 0.229. The number of alkyl halides is 3. The molecule has 0 atom stereocenters. The van der Waals surface area contributed by atoms with Crippen LogP contribution in [0.4, 0.5) is 13.2 Å². The Morgan fingerprint density at radius 3 is 2.18 bits per heavy atom. The van der Waals surface area contributed by atoms with Crippen LogP contribution in [0.5, 0.6) is 0 Å². The van der Waals surface area contributed by atoms with Gasteiger partial charge >= 0.3 is 17.7 Å². The summed E-state index contributed by atoms with van der Waals surface area (Å²) in [6.45, 7) is 3.73. The van der Waals surface area contributed by atoms with Crippen LogP contribution in [-0.2, 0) is 17.7 Å². The number of halogens is 4. The minimum absolute atomic E-state index is 0.424. The zero-order valence-electron chi connectivity index (χ0n) is 20.0. The van der Waals surface area contributed by atoms with E-state index < -0.39 is 23.4 Å². The lowest BCUT2D eigenvalue weighted by molar-refractivity contribution is -0.141. The third kappa shape index (κ3) is 5.92. The summed E-state index contributed by atoms with van der Waals surface area (Å²) < 4.78 is 63.6. The Morgan fingerprint density at radius 1 is 0.895 bits per heavy atom. The van der Waals surface area contributed by atoms with E-state index in [4.69, 9.17) is 24.4 Å². The third-order valence-corrected chi connectivity index (χ3v) is 5.82. The smallest absolute Gasteiger partial charge is 0.435 e. The minimum atomic E-state index is -4.55. The predicted molar refractivity (Wildman–Crippen MR) is 138 cm³/mol. The van der Waals surface area contributed by atoms with Crippen molar-refractivity contribution in [1.29, 1.82) is 0 Å². The summed E-state index contributed by atoms with van der Waals surface area (Å²) in [5.74, 6) is 0.915. The molecule has 0 saturated heterocycles. The molecule has 5 rings (SSSR count). The molecule has 0 bridgehead atoms. The topological polar surface area (TPSA) is 78.0 Å². The lowest BCUT2D eigenvalue weighted by Crippen LogP contribution is -2.07. The van der Waals surface area contributed by atoms with E-state index in [9.17, 15) is 13.2 Å². The zero-order valence-corrected chi connectivity index (χ0v) is 21.6. The highest BCUT2D eigenvalue weighted by molar-refractivity contribution is 7.51. The second-order valence-corrected chi connectivity index (χ2v) is 8.80. The van der Waals surface area contributed by atoms with Crippen LogP contribution in [0.3, 0.4) is 0 Å². The highest BCUT2D eigenvalue weighted by Crippen LogP contribution is 2.39. The normalized spacial score (nSPS) is 11.1. The van der Waals surface area contributed by atoms with Gasteiger partial charge in [0.25, 0.3) is 0 Å². The number of hydrogen-bond donors (Lipinski definition) is 0. The molecule has 2 heterocycles. The molecule has 0 unspecified atom stereocenters. The van der Waals surface area contributed by atoms with Crippen molar-refractivity contribution in [3.8, 4) is 39.4 Å². The summed E-state index contributed by atoms with van der Waals surface area (Å²) in [6, 6.07) is 21.5. The van der Waals surface area contributed by atoms with Crippen LogP contribution in [0.2, 0.25) is 5.02 Å². The summed E-state index contributed by atoms with van der Waals surface area (Å²) in [6.07, 6.45) is -3.26. The van der Waals surface area contributed by atoms with Gasteiger partial charge in [0.15, 0.2) is 17.3 Å². The SMILES string of the molecule is Cc1cccc(-c2ccc(-n3ccc(C(F)(F)F)n3)c(-c3nc(C)oc3-c3ccc(Cl)cc3)c2)c1.O=S=O. The van der Waals surface area contributed by atoms with Gasteiger partial charge in [0.1, 0.15) is 5.69 Å². The van der Waals surface area contributed by atoms with Gasteiger partial charge in [0.05, 0.1) is 5.69 Å². The van der Waals surface area contributed by atoms with Crippen molar-refractivity contribution in [3.63, 3.8) is 0 Å². The summed E-state index contributed by atoms with van der Waals surface area (Å²) in [5.41, 5.74) is 4.25. The molecule has 0 aliphatic carbocycles. The number of rotatable bonds is 4. The molecule has 0 amide bonds. The maximum absolute atomic E-state index is 13.3. The molecule has 0 saturated carbocycles. The first kappa shape index (κ1) is 27.0. The first-order valence-corrected chi connectivity index (χ1v) is 12.1. The molecular weight excluding hydrogens is 539 g/mol. The van der Waals surface area contributed by atoms with Crippen LogP contribution in [0.15, 0.2) is 83.4 Å². The Morgan fingerprint density at radius 2 is 1.55 bits per heavy atom. The van der Waals surface area contributed by atoms with E-state index in [1.54, 1.807) is 25.1 Å². The number of oxazole rings is 1. The van der Waals surface area contributed by atoms with Crippen molar-refractivity contribution in [3.05, 3.63) is 101 Å². The van der Waals surface area contributed by atoms with Crippen molar-refractivity contribution in [1.82, 2.24) is 14.8 Å². The fraction of sp³-hybridized carbons (Fsp3) is 0.111. The van der Waals surface area contributed by atoms with E-state index in [2.05, 4.69) is 10.1 Å². The van der Waals surface area contributed by atoms with Gasteiger partial charge in [-0.2, -0.15) is 26.7 Å². The predicted octanol–water partition coefficient (Wildman–Crippen LogP) is 7.48. The number of aromatic nitrogens is 3. The molecule has 5 aromatic rings. The van der Waals surface area contributed by atoms with E-state index in [-0.39, 0.29) is 0 Å². The van der Waals surface area contributed by atoms with Crippen LogP contribution in [0.1, 0.15) is 17.1 Å². The highest BCUT2D eigenvalue weighted by Gasteiger charge is 2.34. The number of nitrogens with zero attached hydrogens (tertiary/aromatic N) is 3. The third-order valence-electron chi connectivity index (χ3n) is 5.57. The highest BCUT2D eigenvalue weighted by atomic mass is 35.5. The van der Waals surface area contributed by atoms with Crippen LogP contribution >= 0.6 is 11.6 Å². The Balaban J connectivity index is 0.00000107. The lowest BCUT2D eigenvalue weighted by atomic mass is 9.97. The van der Waals surface area contributed by atoms with E-state index in [1.807, 2.05) is 55.5 Å². The van der Waals surface area contributed by atoms with Crippen molar-refractivity contribution in [2.24, 2.45) is 0 Å². The van der Waals surface area contributed by atoms with E-state index in [1.165, 1.54) is 10.9 Å². The van der Waals surface area contributed by atoms with Crippen molar-refractivity contribution >= 4 is 23.2 Å². The van der Waals surface area contributed by atoms with Crippen molar-refractivity contribution < 1.29 is 26.0 Å². The monoisotopic (exact) mass is 557 g/mol. The second kappa shape index (κ2) is 11.2. The van der Waals surface area contributed by atoms with Gasteiger partial charge in [0.2, 0.25) is 0 Å². The number of hydrogen-bond acceptors (Lipinski definition) is 5. The van der Waals surface area contributed by atoms with Gasteiger partial charge in [-0.25, -0.2) is 9.67 Å². The molecule has 6 nitrogen and oxygen atoms in total. The van der Waals surface area contributed by atoms with E-state index in [0.717, 1.165) is 28.3 Å². The van der Waals surface area contributed by atoms with Gasteiger partial charge in [-0.15, -0.1) is 0 Å². The maximum atomic E-state index is 13.3. The van der Waals surface area contributed by atoms with Crippen LogP contribution in [-0.4, -0.2) is 23.2 Å². The molecule has 11 heteroatoms. The molecule has 0 fully saturated rings. The fourth-order valence-corrected chi connectivity index (χ4v) is 4.07. The summed E-state index contributed by atoms with van der Waals surface area (Å²) in [5, 5.41) is 4.37. The van der Waals surface area contributed by atoms with Crippen molar-refractivity contribution in [2.75, 3.05) is 0 Å². The van der Waals surface area contributed by atoms with Crippen LogP contribution < -0.4 is 0 Å². The van der Waals surface area contributed by atoms with E-state index in [0.29, 0.717) is 33.6 Å². The minimum Gasteiger partial charge on any atom is -0.440 e.